The van der Waals surface area contributed by atoms with E-state index in [9.17, 15) is 18.0 Å². The number of hydrogen-bond acceptors (Lipinski definition) is 4. The molecule has 1 saturated carbocycles. The Balaban J connectivity index is 1.59. The van der Waals surface area contributed by atoms with Crippen molar-refractivity contribution in [3.63, 3.8) is 0 Å². The van der Waals surface area contributed by atoms with Crippen molar-refractivity contribution in [3.8, 4) is 11.4 Å². The molecule has 0 aliphatic heterocycles. The Kier molecular flexibility index (Phi) is 5.43. The Morgan fingerprint density at radius 2 is 1.87 bits per heavy atom. The summed E-state index contributed by atoms with van der Waals surface area (Å²) in [5.41, 5.74) is 3.64. The Morgan fingerprint density at radius 1 is 1.16 bits per heavy atom. The van der Waals surface area contributed by atoms with E-state index in [1.165, 1.54) is 12.1 Å². The minimum Gasteiger partial charge on any atom is -0.484 e. The number of nitrogens with zero attached hydrogens (tertiary/aromatic N) is 3. The van der Waals surface area contributed by atoms with Crippen LogP contribution in [0.1, 0.15) is 46.1 Å². The number of carbonyl (C=O) groups is 1. The van der Waals surface area contributed by atoms with Crippen LogP contribution in [0, 0.1) is 13.8 Å². The second kappa shape index (κ2) is 8.05. The summed E-state index contributed by atoms with van der Waals surface area (Å²) in [6, 6.07) is 12.3. The zero-order valence-electron chi connectivity index (χ0n) is 17.0. The number of amides is 1. The van der Waals surface area contributed by atoms with Crippen LogP contribution in [0.25, 0.3) is 5.69 Å². The summed E-state index contributed by atoms with van der Waals surface area (Å²) in [4.78, 5) is 13.0. The van der Waals surface area contributed by atoms with E-state index in [1.807, 2.05) is 31.2 Å². The molecule has 1 fully saturated rings. The van der Waals surface area contributed by atoms with E-state index in [0.29, 0.717) is 11.3 Å². The number of ether oxygens (including phenoxy) is 1. The fourth-order valence-corrected chi connectivity index (χ4v) is 3.30. The second-order valence-electron chi connectivity index (χ2n) is 7.63. The molecule has 162 valence electrons. The molecular weight excluding hydrogens is 409 g/mol. The van der Waals surface area contributed by atoms with Gasteiger partial charge in [0.2, 0.25) is 0 Å². The third-order valence-electron chi connectivity index (χ3n) is 5.09. The van der Waals surface area contributed by atoms with E-state index in [4.69, 9.17) is 4.74 Å². The molecule has 0 unspecified atom stereocenters. The van der Waals surface area contributed by atoms with E-state index in [0.717, 1.165) is 29.8 Å². The van der Waals surface area contributed by atoms with Gasteiger partial charge >= 0.3 is 6.18 Å². The highest BCUT2D eigenvalue weighted by Gasteiger charge is 2.34. The summed E-state index contributed by atoms with van der Waals surface area (Å²) < 4.78 is 44.0. The van der Waals surface area contributed by atoms with Gasteiger partial charge in [-0.15, -0.1) is 5.10 Å². The van der Waals surface area contributed by atoms with Gasteiger partial charge in [-0.2, -0.15) is 13.2 Å². The molecule has 4 rings (SSSR count). The summed E-state index contributed by atoms with van der Waals surface area (Å²) in [6.45, 7) is 2.18. The van der Waals surface area contributed by atoms with Gasteiger partial charge in [-0.25, -0.2) is 4.68 Å². The maximum Gasteiger partial charge on any atom is 0.422 e. The maximum atomic E-state index is 13.0. The van der Waals surface area contributed by atoms with Crippen LogP contribution in [0.3, 0.4) is 0 Å². The van der Waals surface area contributed by atoms with Crippen molar-refractivity contribution >= 4 is 11.6 Å². The van der Waals surface area contributed by atoms with Crippen molar-refractivity contribution in [1.82, 2.24) is 15.0 Å². The number of aromatic nitrogens is 3. The molecule has 31 heavy (non-hydrogen) atoms. The van der Waals surface area contributed by atoms with Crippen LogP contribution in [0.4, 0.5) is 18.9 Å². The van der Waals surface area contributed by atoms with Crippen LogP contribution in [-0.2, 0) is 0 Å². The Morgan fingerprint density at radius 3 is 2.52 bits per heavy atom. The summed E-state index contributed by atoms with van der Waals surface area (Å²) in [5, 5.41) is 11.1. The average Bonchev–Trinajstić information content (AvgIpc) is 3.46. The normalized spacial score (nSPS) is 13.8. The smallest absolute Gasteiger partial charge is 0.422 e. The molecule has 1 heterocycles. The van der Waals surface area contributed by atoms with Crippen LogP contribution in [0.2, 0.25) is 0 Å². The minimum absolute atomic E-state index is 0.0563. The lowest BCUT2D eigenvalue weighted by Crippen LogP contribution is -2.20. The number of halogens is 3. The van der Waals surface area contributed by atoms with E-state index in [1.54, 1.807) is 17.7 Å². The van der Waals surface area contributed by atoms with Crippen molar-refractivity contribution in [2.75, 3.05) is 11.9 Å². The topological polar surface area (TPSA) is 69.0 Å². The SMILES string of the molecule is Cc1ccc(-n2nnc(C(=O)Nc3cccc(OCC(F)(F)F)c3C)c2C2CC2)cc1. The number of carbonyl (C=O) groups excluding carboxylic acids is 1. The van der Waals surface area contributed by atoms with Gasteiger partial charge in [-0.05, 0) is 51.0 Å². The molecule has 0 spiro atoms. The van der Waals surface area contributed by atoms with Crippen molar-refractivity contribution in [1.29, 1.82) is 0 Å². The van der Waals surface area contributed by atoms with E-state index in [2.05, 4.69) is 15.6 Å². The molecule has 0 atom stereocenters. The largest absolute Gasteiger partial charge is 0.484 e. The standard InChI is InChI=1S/C22H21F3N4O2/c1-13-6-10-16(11-7-13)29-20(15-8-9-15)19(27-28-29)21(30)26-17-4-3-5-18(14(17)2)31-12-22(23,24)25/h3-7,10-11,15H,8-9,12H2,1-2H3,(H,26,30). The predicted molar refractivity (Wildman–Crippen MR) is 109 cm³/mol. The number of aryl methyl sites for hydroxylation is 1. The van der Waals surface area contributed by atoms with Crippen molar-refractivity contribution in [2.45, 2.75) is 38.8 Å². The van der Waals surface area contributed by atoms with E-state index < -0.39 is 18.7 Å². The van der Waals surface area contributed by atoms with Gasteiger partial charge < -0.3 is 10.1 Å². The number of alkyl halides is 3. The molecule has 3 aromatic rings. The summed E-state index contributed by atoms with van der Waals surface area (Å²) in [5.74, 6) is -0.211. The highest BCUT2D eigenvalue weighted by molar-refractivity contribution is 6.04. The lowest BCUT2D eigenvalue weighted by molar-refractivity contribution is -0.153. The molecule has 1 N–H and O–H groups in total. The number of hydrogen-bond donors (Lipinski definition) is 1. The first-order valence-electron chi connectivity index (χ1n) is 9.86. The van der Waals surface area contributed by atoms with E-state index >= 15 is 0 Å². The zero-order chi connectivity index (χ0) is 22.2. The Bertz CT molecular complexity index is 1100. The van der Waals surface area contributed by atoms with Gasteiger partial charge in [0.1, 0.15) is 5.75 Å². The molecule has 2 aromatic carbocycles. The molecule has 9 heteroatoms. The number of rotatable bonds is 6. The number of nitrogens with one attached hydrogen (secondary N) is 1. The molecule has 0 radical (unpaired) electrons. The molecule has 1 amide bonds. The fourth-order valence-electron chi connectivity index (χ4n) is 3.30. The van der Waals surface area contributed by atoms with E-state index in [-0.39, 0.29) is 17.4 Å². The van der Waals surface area contributed by atoms with Gasteiger partial charge in [0.15, 0.2) is 12.3 Å². The lowest BCUT2D eigenvalue weighted by atomic mass is 10.1. The Labute approximate surface area is 177 Å². The molecular formula is C22H21F3N4O2. The van der Waals surface area contributed by atoms with Crippen LogP contribution >= 0.6 is 0 Å². The summed E-state index contributed by atoms with van der Waals surface area (Å²) >= 11 is 0. The molecule has 1 aliphatic carbocycles. The molecule has 1 aromatic heterocycles. The highest BCUT2D eigenvalue weighted by Crippen LogP contribution is 2.42. The second-order valence-corrected chi connectivity index (χ2v) is 7.63. The van der Waals surface area contributed by atoms with Crippen LogP contribution < -0.4 is 10.1 Å². The molecule has 6 nitrogen and oxygen atoms in total. The van der Waals surface area contributed by atoms with Crippen LogP contribution in [-0.4, -0.2) is 33.7 Å². The van der Waals surface area contributed by atoms with Gasteiger partial charge in [0.05, 0.1) is 11.4 Å². The van der Waals surface area contributed by atoms with Crippen molar-refractivity contribution in [3.05, 3.63) is 65.0 Å². The van der Waals surface area contributed by atoms with Gasteiger partial charge in [-0.3, -0.25) is 4.79 Å². The number of benzene rings is 2. The first-order chi connectivity index (χ1) is 14.7. The third-order valence-corrected chi connectivity index (χ3v) is 5.09. The van der Waals surface area contributed by atoms with Crippen molar-refractivity contribution < 1.29 is 22.7 Å². The fraction of sp³-hybridized carbons (Fsp3) is 0.318. The van der Waals surface area contributed by atoms with Gasteiger partial charge in [0, 0.05) is 17.2 Å². The Hall–Kier alpha value is -3.36. The summed E-state index contributed by atoms with van der Waals surface area (Å²) in [7, 11) is 0. The predicted octanol–water partition coefficient (Wildman–Crippen LogP) is 4.95. The molecule has 1 aliphatic rings. The first-order valence-corrected chi connectivity index (χ1v) is 9.86. The third kappa shape index (κ3) is 4.70. The van der Waals surface area contributed by atoms with Crippen molar-refractivity contribution in [2.24, 2.45) is 0 Å². The molecule has 0 saturated heterocycles. The van der Waals surface area contributed by atoms with Gasteiger partial charge in [-0.1, -0.05) is 29.0 Å². The monoisotopic (exact) mass is 430 g/mol. The van der Waals surface area contributed by atoms with Crippen LogP contribution in [0.15, 0.2) is 42.5 Å². The quantitative estimate of drug-likeness (QED) is 0.601. The zero-order valence-corrected chi connectivity index (χ0v) is 17.0. The van der Waals surface area contributed by atoms with Gasteiger partial charge in [0.25, 0.3) is 5.91 Å². The lowest BCUT2D eigenvalue weighted by Gasteiger charge is -2.14. The average molecular weight is 430 g/mol. The minimum atomic E-state index is -4.45. The molecule has 0 bridgehead atoms. The highest BCUT2D eigenvalue weighted by atomic mass is 19.4. The number of anilines is 1. The maximum absolute atomic E-state index is 13.0. The first kappa shape index (κ1) is 20.9. The summed E-state index contributed by atoms with van der Waals surface area (Å²) in [6.07, 6.45) is -2.56. The van der Waals surface area contributed by atoms with Crippen LogP contribution in [0.5, 0.6) is 5.75 Å².